The first kappa shape index (κ1) is 13.8. The van der Waals surface area contributed by atoms with Gasteiger partial charge in [-0.15, -0.1) is 0 Å². The van der Waals surface area contributed by atoms with E-state index in [1.165, 1.54) is 0 Å². The summed E-state index contributed by atoms with van der Waals surface area (Å²) in [7, 11) is 0. The molecule has 0 atom stereocenters. The van der Waals surface area contributed by atoms with Crippen molar-refractivity contribution in [2.45, 2.75) is 46.5 Å². The summed E-state index contributed by atoms with van der Waals surface area (Å²) in [6, 6.07) is 1.77. The number of hydrogen-bond acceptors (Lipinski definition) is 2. The smallest absolute Gasteiger partial charge is 0.257 e. The van der Waals surface area contributed by atoms with Crippen LogP contribution in [0.1, 0.15) is 55.6 Å². The Kier molecular flexibility index (Phi) is 5.81. The van der Waals surface area contributed by atoms with Crippen molar-refractivity contribution in [3.05, 3.63) is 23.7 Å². The molecule has 96 valence electrons. The zero-order valence-corrected chi connectivity index (χ0v) is 11.2. The molecule has 1 amide bonds. The minimum Gasteiger partial charge on any atom is -0.469 e. The molecule has 0 saturated heterocycles. The van der Waals surface area contributed by atoms with Crippen LogP contribution in [0.5, 0.6) is 0 Å². The minimum atomic E-state index is 0.109. The van der Waals surface area contributed by atoms with Crippen LogP contribution in [0.25, 0.3) is 0 Å². The van der Waals surface area contributed by atoms with Gasteiger partial charge in [0.1, 0.15) is 5.76 Å². The van der Waals surface area contributed by atoms with E-state index in [9.17, 15) is 4.79 Å². The molecule has 1 aromatic rings. The molecular formula is C14H23NO2. The molecule has 0 aromatic carbocycles. The lowest BCUT2D eigenvalue weighted by Gasteiger charge is -2.22. The summed E-state index contributed by atoms with van der Waals surface area (Å²) < 4.78 is 5.20. The molecule has 0 aliphatic rings. The monoisotopic (exact) mass is 237 g/mol. The van der Waals surface area contributed by atoms with Crippen molar-refractivity contribution in [3.8, 4) is 0 Å². The molecule has 1 rings (SSSR count). The highest BCUT2D eigenvalue weighted by Gasteiger charge is 2.18. The van der Waals surface area contributed by atoms with Crippen LogP contribution in [-0.4, -0.2) is 23.9 Å². The molecule has 3 heteroatoms. The fraction of sp³-hybridized carbons (Fsp3) is 0.643. The van der Waals surface area contributed by atoms with Gasteiger partial charge in [0.15, 0.2) is 0 Å². The average molecular weight is 237 g/mol. The summed E-state index contributed by atoms with van der Waals surface area (Å²) in [4.78, 5) is 14.3. The van der Waals surface area contributed by atoms with Crippen LogP contribution in [0.4, 0.5) is 0 Å². The lowest BCUT2D eigenvalue weighted by atomic mass is 10.2. The van der Waals surface area contributed by atoms with Gasteiger partial charge in [0.05, 0.1) is 11.8 Å². The first-order valence-electron chi connectivity index (χ1n) is 6.54. The summed E-state index contributed by atoms with van der Waals surface area (Å²) in [6.45, 7) is 7.82. The highest BCUT2D eigenvalue weighted by atomic mass is 16.3. The van der Waals surface area contributed by atoms with Crippen molar-refractivity contribution in [1.29, 1.82) is 0 Å². The van der Waals surface area contributed by atoms with E-state index in [4.69, 9.17) is 4.42 Å². The summed E-state index contributed by atoms with van der Waals surface area (Å²) in [5, 5.41) is 0. The maximum atomic E-state index is 12.3. The topological polar surface area (TPSA) is 33.5 Å². The molecule has 0 unspecified atom stereocenters. The lowest BCUT2D eigenvalue weighted by Crippen LogP contribution is -2.33. The molecule has 0 fully saturated rings. The molecule has 0 bridgehead atoms. The Bertz CT molecular complexity index is 336. The first-order chi connectivity index (χ1) is 8.20. The maximum Gasteiger partial charge on any atom is 0.257 e. The zero-order valence-electron chi connectivity index (χ0n) is 11.2. The second-order valence-electron chi connectivity index (χ2n) is 4.39. The number of carbonyl (C=O) groups is 1. The van der Waals surface area contributed by atoms with Crippen molar-refractivity contribution in [2.24, 2.45) is 0 Å². The van der Waals surface area contributed by atoms with Gasteiger partial charge in [-0.3, -0.25) is 4.79 Å². The number of furan rings is 1. The first-order valence-corrected chi connectivity index (χ1v) is 6.54. The Balaban J connectivity index is 2.68. The van der Waals surface area contributed by atoms with Gasteiger partial charge in [-0.05, 0) is 25.8 Å². The van der Waals surface area contributed by atoms with E-state index in [2.05, 4.69) is 13.8 Å². The summed E-state index contributed by atoms with van der Waals surface area (Å²) in [5.74, 6) is 0.825. The summed E-state index contributed by atoms with van der Waals surface area (Å²) in [5.41, 5.74) is 0.706. The van der Waals surface area contributed by atoms with Gasteiger partial charge in [0, 0.05) is 13.1 Å². The highest BCUT2D eigenvalue weighted by Crippen LogP contribution is 2.13. The van der Waals surface area contributed by atoms with Crippen LogP contribution in [0.2, 0.25) is 0 Å². The van der Waals surface area contributed by atoms with Gasteiger partial charge in [-0.25, -0.2) is 0 Å². The van der Waals surface area contributed by atoms with Crippen LogP contribution >= 0.6 is 0 Å². The number of rotatable bonds is 7. The number of aryl methyl sites for hydroxylation is 1. The van der Waals surface area contributed by atoms with Crippen molar-refractivity contribution in [1.82, 2.24) is 4.90 Å². The quantitative estimate of drug-likeness (QED) is 0.725. The number of amides is 1. The molecule has 0 radical (unpaired) electrons. The van der Waals surface area contributed by atoms with Gasteiger partial charge in [0.2, 0.25) is 0 Å². The molecule has 1 aromatic heterocycles. The van der Waals surface area contributed by atoms with E-state index in [0.717, 1.165) is 38.8 Å². The Morgan fingerprint density at radius 3 is 2.24 bits per heavy atom. The predicted octanol–water partition coefficient (Wildman–Crippen LogP) is 3.63. The Labute approximate surface area is 104 Å². The molecule has 3 nitrogen and oxygen atoms in total. The molecule has 0 aliphatic carbocycles. The van der Waals surface area contributed by atoms with Crippen molar-refractivity contribution in [3.63, 3.8) is 0 Å². The summed E-state index contributed by atoms with van der Waals surface area (Å²) >= 11 is 0. The average Bonchev–Trinajstić information content (AvgIpc) is 2.75. The number of nitrogens with zero attached hydrogens (tertiary/aromatic N) is 1. The van der Waals surface area contributed by atoms with Gasteiger partial charge in [-0.2, -0.15) is 0 Å². The van der Waals surface area contributed by atoms with Crippen LogP contribution in [0.3, 0.4) is 0 Å². The lowest BCUT2D eigenvalue weighted by molar-refractivity contribution is 0.0749. The minimum absolute atomic E-state index is 0.109. The Hall–Kier alpha value is -1.25. The largest absolute Gasteiger partial charge is 0.469 e. The number of carbonyl (C=O) groups excluding carboxylic acids is 1. The van der Waals surface area contributed by atoms with Gasteiger partial charge >= 0.3 is 0 Å². The van der Waals surface area contributed by atoms with E-state index >= 15 is 0 Å². The molecular weight excluding hydrogens is 214 g/mol. The fourth-order valence-electron chi connectivity index (χ4n) is 1.79. The van der Waals surface area contributed by atoms with Gasteiger partial charge in [-0.1, -0.05) is 26.7 Å². The standard InChI is InChI=1S/C14H23NO2/c1-4-6-9-15(10-7-5-2)14(16)13-8-11-17-12(13)3/h8,11H,4-7,9-10H2,1-3H3. The molecule has 0 N–H and O–H groups in total. The van der Waals surface area contributed by atoms with Crippen LogP contribution in [0.15, 0.2) is 16.7 Å². The van der Waals surface area contributed by atoms with Crippen LogP contribution in [0, 0.1) is 6.92 Å². The Morgan fingerprint density at radius 2 is 1.82 bits per heavy atom. The molecule has 1 heterocycles. The molecule has 17 heavy (non-hydrogen) atoms. The number of hydrogen-bond donors (Lipinski definition) is 0. The second-order valence-corrected chi connectivity index (χ2v) is 4.39. The third-order valence-electron chi connectivity index (χ3n) is 2.94. The van der Waals surface area contributed by atoms with Crippen molar-refractivity contribution < 1.29 is 9.21 Å². The predicted molar refractivity (Wildman–Crippen MR) is 69.2 cm³/mol. The zero-order chi connectivity index (χ0) is 12.7. The van der Waals surface area contributed by atoms with Gasteiger partial charge < -0.3 is 9.32 Å². The summed E-state index contributed by atoms with van der Waals surface area (Å²) in [6.07, 6.45) is 5.93. The van der Waals surface area contributed by atoms with E-state index in [-0.39, 0.29) is 5.91 Å². The van der Waals surface area contributed by atoms with Gasteiger partial charge in [0.25, 0.3) is 5.91 Å². The highest BCUT2D eigenvalue weighted by molar-refractivity contribution is 5.95. The SMILES string of the molecule is CCCCN(CCCC)C(=O)c1ccoc1C. The van der Waals surface area contributed by atoms with Crippen LogP contribution in [-0.2, 0) is 0 Å². The normalized spacial score (nSPS) is 10.5. The van der Waals surface area contributed by atoms with E-state index < -0.39 is 0 Å². The van der Waals surface area contributed by atoms with E-state index in [1.807, 2.05) is 11.8 Å². The third-order valence-corrected chi connectivity index (χ3v) is 2.94. The van der Waals surface area contributed by atoms with E-state index in [1.54, 1.807) is 12.3 Å². The van der Waals surface area contributed by atoms with E-state index in [0.29, 0.717) is 11.3 Å². The van der Waals surface area contributed by atoms with Crippen molar-refractivity contribution >= 4 is 5.91 Å². The number of unbranched alkanes of at least 4 members (excludes halogenated alkanes) is 2. The van der Waals surface area contributed by atoms with Crippen molar-refractivity contribution in [2.75, 3.05) is 13.1 Å². The fourth-order valence-corrected chi connectivity index (χ4v) is 1.79. The molecule has 0 saturated carbocycles. The second kappa shape index (κ2) is 7.15. The molecule has 0 spiro atoms. The molecule has 0 aliphatic heterocycles. The Morgan fingerprint density at radius 1 is 1.24 bits per heavy atom. The third kappa shape index (κ3) is 3.91. The van der Waals surface area contributed by atoms with Crippen LogP contribution < -0.4 is 0 Å². The maximum absolute atomic E-state index is 12.3.